The molecule has 1 aromatic heterocycles. The maximum Gasteiger partial charge on any atom is 0.266 e. The Morgan fingerprint density at radius 2 is 1.38 bits per heavy atom. The number of aromatic nitrogens is 1. The second kappa shape index (κ2) is 17.2. The highest BCUT2D eigenvalue weighted by molar-refractivity contribution is 6.28. The zero-order valence-corrected chi connectivity index (χ0v) is 26.0. The summed E-state index contributed by atoms with van der Waals surface area (Å²) >= 11 is 0. The summed E-state index contributed by atoms with van der Waals surface area (Å²) in [7, 11) is 0. The molecule has 4 amide bonds. The predicted octanol–water partition coefficient (Wildman–Crippen LogP) is 0.0184. The number of hydrogen-bond acceptors (Lipinski definition) is 10. The monoisotopic (exact) mass is 630 g/mol. The van der Waals surface area contributed by atoms with Gasteiger partial charge in [-0.25, -0.2) is 0 Å². The summed E-state index contributed by atoms with van der Waals surface area (Å²) in [5.74, 6) is -3.50. The molecule has 14 heteroatoms. The van der Waals surface area contributed by atoms with E-state index in [4.69, 9.17) is 0 Å². The number of rotatable bonds is 15. The first-order valence-electron chi connectivity index (χ1n) is 14.6. The Hall–Kier alpha value is -4.37. The van der Waals surface area contributed by atoms with Gasteiger partial charge >= 0.3 is 0 Å². The number of aromatic hydroxyl groups is 1. The van der Waals surface area contributed by atoms with Gasteiger partial charge in [-0.3, -0.25) is 33.4 Å². The van der Waals surface area contributed by atoms with E-state index < -0.39 is 48.5 Å². The number of allylic oxidation sites excluding steroid dienone is 4. The third kappa shape index (κ3) is 8.02. The molecular formula is C31H42N4O10. The molecule has 2 heterocycles. The van der Waals surface area contributed by atoms with Crippen molar-refractivity contribution >= 4 is 29.7 Å². The summed E-state index contributed by atoms with van der Waals surface area (Å²) in [5.41, 5.74) is -0.661. The first-order valence-corrected chi connectivity index (χ1v) is 14.6. The van der Waals surface area contributed by atoms with E-state index in [1.54, 1.807) is 13.8 Å². The van der Waals surface area contributed by atoms with Gasteiger partial charge in [0.2, 0.25) is 5.88 Å². The van der Waals surface area contributed by atoms with Crippen LogP contribution in [0.3, 0.4) is 0 Å². The molecule has 1 aliphatic heterocycles. The van der Waals surface area contributed by atoms with Crippen molar-refractivity contribution in [2.24, 2.45) is 0 Å². The topological polar surface area (TPSA) is 201 Å². The molecule has 0 aliphatic carbocycles. The lowest BCUT2D eigenvalue weighted by Gasteiger charge is -2.30. The number of aliphatic hydroxyl groups excluding tert-OH is 4. The van der Waals surface area contributed by atoms with Gasteiger partial charge in [0, 0.05) is 50.5 Å². The largest absolute Gasteiger partial charge is 0.494 e. The van der Waals surface area contributed by atoms with Crippen molar-refractivity contribution in [3.05, 3.63) is 68.1 Å². The van der Waals surface area contributed by atoms with E-state index >= 15 is 0 Å². The molecule has 0 aromatic carbocycles. The average molecular weight is 631 g/mol. The Morgan fingerprint density at radius 1 is 0.800 bits per heavy atom. The van der Waals surface area contributed by atoms with Gasteiger partial charge in [0.1, 0.15) is 24.6 Å². The zero-order valence-electron chi connectivity index (χ0n) is 26.0. The molecule has 14 nitrogen and oxygen atoms in total. The molecule has 0 saturated carbocycles. The van der Waals surface area contributed by atoms with Crippen LogP contribution in [0, 0.1) is 6.92 Å². The van der Waals surface area contributed by atoms with Gasteiger partial charge < -0.3 is 35.3 Å². The van der Waals surface area contributed by atoms with Gasteiger partial charge in [-0.05, 0) is 63.8 Å². The standard InChI is InChI=1S/C31H42N4O10/c1-5-32(18-38)28(42)24-20(3)22(26(40)34(30(24)44)14-10-16-36)12-8-7-9-13-23-21(4)25(29(43)33(6-2)19-39)31(45)35(27(23)41)15-11-17-37/h7-9,12-13,36-39,44H,5-6,10-11,14-19H2,1-4H3. The molecule has 0 atom stereocenters. The number of amides is 4. The fourth-order valence-electron chi connectivity index (χ4n) is 4.74. The lowest BCUT2D eigenvalue weighted by molar-refractivity contribution is -0.143. The van der Waals surface area contributed by atoms with E-state index in [1.807, 2.05) is 0 Å². The highest BCUT2D eigenvalue weighted by Gasteiger charge is 2.39. The molecule has 246 valence electrons. The molecular weight excluding hydrogens is 588 g/mol. The number of hydrogen-bond donors (Lipinski definition) is 5. The Bertz CT molecular complexity index is 1460. The van der Waals surface area contributed by atoms with Crippen LogP contribution in [0.25, 0.3) is 6.08 Å². The molecule has 0 bridgehead atoms. The molecule has 45 heavy (non-hydrogen) atoms. The normalized spacial score (nSPS) is 14.8. The molecule has 0 radical (unpaired) electrons. The van der Waals surface area contributed by atoms with E-state index in [-0.39, 0.29) is 85.6 Å². The van der Waals surface area contributed by atoms with E-state index in [0.29, 0.717) is 0 Å². The summed E-state index contributed by atoms with van der Waals surface area (Å²) in [6, 6.07) is 0. The number of likely N-dealkylation sites (N-methyl/N-ethyl adjacent to an activating group) is 1. The van der Waals surface area contributed by atoms with Crippen LogP contribution < -0.4 is 5.56 Å². The van der Waals surface area contributed by atoms with Crippen LogP contribution in [0.5, 0.6) is 5.88 Å². The predicted molar refractivity (Wildman–Crippen MR) is 164 cm³/mol. The highest BCUT2D eigenvalue weighted by Crippen LogP contribution is 2.28. The van der Waals surface area contributed by atoms with Gasteiger partial charge in [-0.15, -0.1) is 0 Å². The maximum atomic E-state index is 13.3. The minimum absolute atomic E-state index is 0.0400. The number of aliphatic hydroxyl groups is 4. The molecule has 0 unspecified atom stereocenters. The number of carbonyl (C=O) groups is 4. The molecule has 0 saturated heterocycles. The lowest BCUT2D eigenvalue weighted by Crippen LogP contribution is -2.48. The van der Waals surface area contributed by atoms with Gasteiger partial charge in [-0.2, -0.15) is 0 Å². The molecule has 2 rings (SSSR count). The zero-order chi connectivity index (χ0) is 33.8. The van der Waals surface area contributed by atoms with Crippen molar-refractivity contribution in [2.45, 2.75) is 47.1 Å². The van der Waals surface area contributed by atoms with E-state index in [0.717, 1.165) is 19.3 Å². The van der Waals surface area contributed by atoms with Crippen molar-refractivity contribution in [2.75, 3.05) is 46.3 Å². The van der Waals surface area contributed by atoms with Crippen LogP contribution in [-0.4, -0.2) is 115 Å². The number of pyridine rings is 1. The van der Waals surface area contributed by atoms with Crippen molar-refractivity contribution in [3.63, 3.8) is 0 Å². The minimum atomic E-state index is -0.822. The Balaban J connectivity index is 2.61. The smallest absolute Gasteiger partial charge is 0.266 e. The number of nitrogens with zero attached hydrogens (tertiary/aromatic N) is 4. The van der Waals surface area contributed by atoms with Gasteiger partial charge in [0.15, 0.2) is 0 Å². The van der Waals surface area contributed by atoms with Crippen molar-refractivity contribution < 1.29 is 44.7 Å². The molecule has 1 aliphatic rings. The fraction of sp³-hybridized carbons (Fsp3) is 0.452. The van der Waals surface area contributed by atoms with Gasteiger partial charge in [-0.1, -0.05) is 18.2 Å². The summed E-state index contributed by atoms with van der Waals surface area (Å²) in [6.07, 6.45) is 7.43. The summed E-state index contributed by atoms with van der Waals surface area (Å²) < 4.78 is 0.977. The highest BCUT2D eigenvalue weighted by atomic mass is 16.3. The quantitative estimate of drug-likeness (QED) is 0.0578. The molecule has 1 aromatic rings. The molecule has 0 spiro atoms. The summed E-state index contributed by atoms with van der Waals surface area (Å²) in [4.78, 5) is 68.7. The van der Waals surface area contributed by atoms with E-state index in [2.05, 4.69) is 0 Å². The van der Waals surface area contributed by atoms with Crippen molar-refractivity contribution in [1.29, 1.82) is 0 Å². The minimum Gasteiger partial charge on any atom is -0.494 e. The Kier molecular flexibility index (Phi) is 14.1. The van der Waals surface area contributed by atoms with Gasteiger partial charge in [0.05, 0.1) is 0 Å². The third-order valence-corrected chi connectivity index (χ3v) is 7.38. The van der Waals surface area contributed by atoms with Crippen LogP contribution in [-0.2, 0) is 20.9 Å². The average Bonchev–Trinajstić information content (AvgIpc) is 3.01. The van der Waals surface area contributed by atoms with Crippen LogP contribution in [0.4, 0.5) is 0 Å². The Morgan fingerprint density at radius 3 is 1.93 bits per heavy atom. The Labute approximate surface area is 261 Å². The maximum absolute atomic E-state index is 13.3. The molecule has 0 fully saturated rings. The lowest BCUT2D eigenvalue weighted by atomic mass is 9.93. The number of carbonyl (C=O) groups excluding carboxylic acids is 4. The fourth-order valence-corrected chi connectivity index (χ4v) is 4.74. The van der Waals surface area contributed by atoms with Crippen molar-refractivity contribution in [1.82, 2.24) is 19.3 Å². The van der Waals surface area contributed by atoms with E-state index in [9.17, 15) is 49.5 Å². The second-order valence-electron chi connectivity index (χ2n) is 10.0. The SMILES string of the molecule is CCN(CO)C(=O)C1=C(C)C(=CC=CC=Cc2c(C)c(C(=O)N(CC)CO)c(O)n(CCCO)c2=O)C(=O)N(CCCO)C1=O. The summed E-state index contributed by atoms with van der Waals surface area (Å²) in [6.45, 7) is 4.50. The van der Waals surface area contributed by atoms with Crippen LogP contribution >= 0.6 is 0 Å². The van der Waals surface area contributed by atoms with E-state index in [1.165, 1.54) is 44.2 Å². The second-order valence-corrected chi connectivity index (χ2v) is 10.0. The van der Waals surface area contributed by atoms with Crippen LogP contribution in [0.1, 0.15) is 55.1 Å². The molecule has 5 N–H and O–H groups in total. The summed E-state index contributed by atoms with van der Waals surface area (Å²) in [5, 5.41) is 48.5. The number of imide groups is 1. The van der Waals surface area contributed by atoms with Crippen molar-refractivity contribution in [3.8, 4) is 5.88 Å². The third-order valence-electron chi connectivity index (χ3n) is 7.38. The van der Waals surface area contributed by atoms with Crippen LogP contribution in [0.2, 0.25) is 0 Å². The first-order chi connectivity index (χ1) is 21.5. The van der Waals surface area contributed by atoms with Crippen LogP contribution in [0.15, 0.2) is 45.8 Å². The van der Waals surface area contributed by atoms with Gasteiger partial charge in [0.25, 0.3) is 29.2 Å². The first kappa shape index (κ1) is 36.8.